The van der Waals surface area contributed by atoms with Gasteiger partial charge in [0.15, 0.2) is 0 Å². The fraction of sp³-hybridized carbons (Fsp3) is 0.474. The largest absolute Gasteiger partial charge is 0.462 e. The average Bonchev–Trinajstić information content (AvgIpc) is 3.12. The molecule has 2 aromatic heterocycles. The van der Waals surface area contributed by atoms with Gasteiger partial charge in [-0.3, -0.25) is 14.3 Å². The van der Waals surface area contributed by atoms with E-state index in [1.807, 2.05) is 13.8 Å². The molecule has 0 aromatic carbocycles. The van der Waals surface area contributed by atoms with Crippen LogP contribution in [0.15, 0.2) is 0 Å². The molecule has 158 valence electrons. The third kappa shape index (κ3) is 4.62. The molecule has 2 rings (SSSR count). The van der Waals surface area contributed by atoms with Crippen LogP contribution in [0.5, 0.6) is 0 Å². The summed E-state index contributed by atoms with van der Waals surface area (Å²) in [6.07, 6.45) is 1.10. The maximum absolute atomic E-state index is 13.0. The minimum Gasteiger partial charge on any atom is -0.462 e. The van der Waals surface area contributed by atoms with Gasteiger partial charge in [0.1, 0.15) is 11.0 Å². The quantitative estimate of drug-likeness (QED) is 0.606. The lowest BCUT2D eigenvalue weighted by Gasteiger charge is -2.17. The van der Waals surface area contributed by atoms with Crippen molar-refractivity contribution >= 4 is 45.7 Å². The van der Waals surface area contributed by atoms with Crippen molar-refractivity contribution in [1.29, 1.82) is 0 Å². The van der Waals surface area contributed by atoms with Crippen molar-refractivity contribution in [2.75, 3.05) is 11.9 Å². The van der Waals surface area contributed by atoms with E-state index in [0.29, 0.717) is 34.8 Å². The number of thiophene rings is 1. The van der Waals surface area contributed by atoms with Crippen LogP contribution in [0.1, 0.15) is 69.7 Å². The molecule has 0 spiro atoms. The molecule has 0 aliphatic rings. The number of rotatable bonds is 8. The van der Waals surface area contributed by atoms with Gasteiger partial charge in [-0.05, 0) is 39.2 Å². The van der Waals surface area contributed by atoms with Gasteiger partial charge >= 0.3 is 5.97 Å². The zero-order valence-corrected chi connectivity index (χ0v) is 18.7. The molecule has 2 heterocycles. The summed E-state index contributed by atoms with van der Waals surface area (Å²) in [6, 6.07) is -0.639. The summed E-state index contributed by atoms with van der Waals surface area (Å²) < 4.78 is 6.78. The van der Waals surface area contributed by atoms with Crippen molar-refractivity contribution in [3.05, 3.63) is 32.4 Å². The third-order valence-electron chi connectivity index (χ3n) is 4.47. The van der Waals surface area contributed by atoms with Crippen molar-refractivity contribution in [3.63, 3.8) is 0 Å². The first-order chi connectivity index (χ1) is 13.6. The lowest BCUT2D eigenvalue weighted by atomic mass is 10.1. The van der Waals surface area contributed by atoms with Crippen molar-refractivity contribution in [2.24, 2.45) is 5.73 Å². The molecular weight excluding hydrogens is 416 g/mol. The summed E-state index contributed by atoms with van der Waals surface area (Å²) in [4.78, 5) is 37.5. The van der Waals surface area contributed by atoms with E-state index in [4.69, 9.17) is 22.1 Å². The minimum absolute atomic E-state index is 0.145. The molecule has 0 bridgehead atoms. The highest BCUT2D eigenvalue weighted by Crippen LogP contribution is 2.34. The Hall–Kier alpha value is -2.39. The van der Waals surface area contributed by atoms with Crippen LogP contribution in [0.3, 0.4) is 0 Å². The van der Waals surface area contributed by atoms with Crippen LogP contribution < -0.4 is 11.1 Å². The number of esters is 1. The van der Waals surface area contributed by atoms with Gasteiger partial charge in [-0.25, -0.2) is 4.79 Å². The molecule has 3 N–H and O–H groups in total. The van der Waals surface area contributed by atoms with Crippen LogP contribution in [-0.4, -0.2) is 34.2 Å². The molecule has 1 atom stereocenters. The smallest absolute Gasteiger partial charge is 0.341 e. The van der Waals surface area contributed by atoms with Crippen molar-refractivity contribution in [3.8, 4) is 0 Å². The number of nitrogens with two attached hydrogens (primary N) is 1. The predicted molar refractivity (Wildman–Crippen MR) is 113 cm³/mol. The first-order valence-electron chi connectivity index (χ1n) is 9.26. The molecule has 0 saturated carbocycles. The SMILES string of the molecule is CCCOC(=O)c1c(NC(=O)C(CC)n2nc(C)c(Cl)c2C)sc(C(N)=O)c1C. The van der Waals surface area contributed by atoms with Crippen LogP contribution >= 0.6 is 22.9 Å². The molecular formula is C19H25ClN4O4S. The summed E-state index contributed by atoms with van der Waals surface area (Å²) in [7, 11) is 0. The summed E-state index contributed by atoms with van der Waals surface area (Å²) in [6.45, 7) is 9.10. The van der Waals surface area contributed by atoms with E-state index in [1.165, 1.54) is 0 Å². The second-order valence-corrected chi connectivity index (χ2v) is 8.00. The Balaban J connectivity index is 2.41. The zero-order chi connectivity index (χ0) is 21.9. The monoisotopic (exact) mass is 440 g/mol. The van der Waals surface area contributed by atoms with E-state index < -0.39 is 17.9 Å². The molecule has 2 amide bonds. The highest BCUT2D eigenvalue weighted by atomic mass is 35.5. The lowest BCUT2D eigenvalue weighted by molar-refractivity contribution is -0.119. The topological polar surface area (TPSA) is 116 Å². The number of aryl methyl sites for hydroxylation is 1. The van der Waals surface area contributed by atoms with E-state index in [0.717, 1.165) is 11.3 Å². The highest BCUT2D eigenvalue weighted by molar-refractivity contribution is 7.18. The van der Waals surface area contributed by atoms with E-state index in [1.54, 1.807) is 25.5 Å². The summed E-state index contributed by atoms with van der Waals surface area (Å²) in [5, 5.41) is 7.84. The number of nitrogens with one attached hydrogen (secondary N) is 1. The maximum atomic E-state index is 13.0. The fourth-order valence-electron chi connectivity index (χ4n) is 2.96. The molecule has 0 saturated heterocycles. The Bertz CT molecular complexity index is 951. The number of hydrogen-bond acceptors (Lipinski definition) is 6. The van der Waals surface area contributed by atoms with Crippen molar-refractivity contribution in [2.45, 2.75) is 53.5 Å². The van der Waals surface area contributed by atoms with E-state index >= 15 is 0 Å². The average molecular weight is 441 g/mol. The van der Waals surface area contributed by atoms with Gasteiger partial charge in [0.05, 0.1) is 33.5 Å². The standard InChI is InChI=1S/C19H25ClN4O4S/c1-6-8-28-19(27)13-9(3)15(16(21)25)29-18(13)22-17(26)12(7-2)24-11(5)14(20)10(4)23-24/h12H,6-8H2,1-5H3,(H2,21,25)(H,22,26). The number of ether oxygens (including phenoxy) is 1. The normalized spacial score (nSPS) is 11.9. The van der Waals surface area contributed by atoms with Crippen LogP contribution in [0, 0.1) is 20.8 Å². The van der Waals surface area contributed by atoms with Gasteiger partial charge in [-0.15, -0.1) is 11.3 Å². The first kappa shape index (κ1) is 22.9. The lowest BCUT2D eigenvalue weighted by Crippen LogP contribution is -2.27. The molecule has 0 aliphatic carbocycles. The number of aromatic nitrogens is 2. The molecule has 1 unspecified atom stereocenters. The number of anilines is 1. The molecule has 0 radical (unpaired) electrons. The summed E-state index contributed by atoms with van der Waals surface area (Å²) >= 11 is 7.17. The minimum atomic E-state index is -0.671. The van der Waals surface area contributed by atoms with E-state index in [9.17, 15) is 14.4 Å². The van der Waals surface area contributed by atoms with Gasteiger partial charge in [-0.2, -0.15) is 5.10 Å². The third-order valence-corrected chi connectivity index (χ3v) is 6.24. The Labute approximate surface area is 178 Å². The zero-order valence-electron chi connectivity index (χ0n) is 17.1. The number of amides is 2. The molecule has 0 fully saturated rings. The van der Waals surface area contributed by atoms with E-state index in [-0.39, 0.29) is 28.0 Å². The number of primary amides is 1. The summed E-state index contributed by atoms with van der Waals surface area (Å²) in [5.74, 6) is -1.66. The van der Waals surface area contributed by atoms with E-state index in [2.05, 4.69) is 10.4 Å². The van der Waals surface area contributed by atoms with Crippen molar-refractivity contribution < 1.29 is 19.1 Å². The molecule has 2 aromatic rings. The number of carbonyl (C=O) groups is 3. The van der Waals surface area contributed by atoms with Crippen LogP contribution in [-0.2, 0) is 9.53 Å². The van der Waals surface area contributed by atoms with Crippen LogP contribution in [0.25, 0.3) is 0 Å². The number of halogens is 1. The molecule has 10 heteroatoms. The second kappa shape index (κ2) is 9.41. The maximum Gasteiger partial charge on any atom is 0.341 e. The van der Waals surface area contributed by atoms with Gasteiger partial charge in [0.2, 0.25) is 5.91 Å². The molecule has 0 aliphatic heterocycles. The van der Waals surface area contributed by atoms with Crippen molar-refractivity contribution in [1.82, 2.24) is 9.78 Å². The van der Waals surface area contributed by atoms with Crippen LogP contribution in [0.2, 0.25) is 5.02 Å². The first-order valence-corrected chi connectivity index (χ1v) is 10.5. The Kier molecular flexibility index (Phi) is 7.43. The number of nitrogens with zero attached hydrogens (tertiary/aromatic N) is 2. The Morgan fingerprint density at radius 1 is 1.28 bits per heavy atom. The molecule has 29 heavy (non-hydrogen) atoms. The van der Waals surface area contributed by atoms with Crippen LogP contribution in [0.4, 0.5) is 5.00 Å². The Morgan fingerprint density at radius 2 is 1.93 bits per heavy atom. The van der Waals surface area contributed by atoms with Gasteiger partial charge in [-0.1, -0.05) is 25.4 Å². The van der Waals surface area contributed by atoms with Gasteiger partial charge in [0, 0.05) is 0 Å². The predicted octanol–water partition coefficient (Wildman–Crippen LogP) is 3.78. The fourth-order valence-corrected chi connectivity index (χ4v) is 4.13. The second-order valence-electron chi connectivity index (χ2n) is 6.60. The highest BCUT2D eigenvalue weighted by Gasteiger charge is 2.29. The Morgan fingerprint density at radius 3 is 2.41 bits per heavy atom. The molecule has 8 nitrogen and oxygen atoms in total. The van der Waals surface area contributed by atoms with Gasteiger partial charge in [0.25, 0.3) is 5.91 Å². The number of carbonyl (C=O) groups excluding carboxylic acids is 3. The van der Waals surface area contributed by atoms with Gasteiger partial charge < -0.3 is 15.8 Å². The summed E-state index contributed by atoms with van der Waals surface area (Å²) in [5.41, 5.74) is 7.26. The number of hydrogen-bond donors (Lipinski definition) is 2.